The topological polar surface area (TPSA) is 82.1 Å². The molecule has 7 heteroatoms. The molecule has 0 fully saturated rings. The molecule has 27 heavy (non-hydrogen) atoms. The molecule has 7 nitrogen and oxygen atoms in total. The van der Waals surface area contributed by atoms with E-state index in [1.807, 2.05) is 39.0 Å². The van der Waals surface area contributed by atoms with E-state index in [-0.39, 0.29) is 17.0 Å². The molecule has 0 radical (unpaired) electrons. The Labute approximate surface area is 156 Å². The molecule has 0 spiro atoms. The number of rotatable bonds is 4. The summed E-state index contributed by atoms with van der Waals surface area (Å²) in [5.41, 5.74) is 2.91. The number of aromatic hydroxyl groups is 1. The molecule has 142 valence electrons. The summed E-state index contributed by atoms with van der Waals surface area (Å²) in [5.74, 6) is 0.849. The maximum Gasteiger partial charge on any atom is 0.332 e. The second-order valence-electron chi connectivity index (χ2n) is 6.53. The van der Waals surface area contributed by atoms with Crippen molar-refractivity contribution in [1.29, 1.82) is 0 Å². The molecular formula is C20H24N4O3. The smallest absolute Gasteiger partial charge is 0.332 e. The van der Waals surface area contributed by atoms with Crippen molar-refractivity contribution >= 4 is 23.3 Å². The first-order chi connectivity index (χ1) is 12.8. The molecule has 0 amide bonds. The molecular weight excluding hydrogens is 344 g/mol. The van der Waals surface area contributed by atoms with E-state index in [9.17, 15) is 14.7 Å². The number of imidazole rings is 1. The van der Waals surface area contributed by atoms with Gasteiger partial charge in [0.25, 0.3) is 5.56 Å². The average molecular weight is 368 g/mol. The summed E-state index contributed by atoms with van der Waals surface area (Å²) in [6.07, 6.45) is 3.72. The van der Waals surface area contributed by atoms with Gasteiger partial charge in [-0.05, 0) is 56.5 Å². The third kappa shape index (κ3) is 2.89. The van der Waals surface area contributed by atoms with Crippen LogP contribution in [0.3, 0.4) is 0 Å². The number of fused-ring (bicyclic) bond motifs is 1. The van der Waals surface area contributed by atoms with Crippen LogP contribution in [0.15, 0.2) is 21.7 Å². The Hall–Kier alpha value is -3.09. The number of phenols is 1. The van der Waals surface area contributed by atoms with Crippen molar-refractivity contribution in [1.82, 2.24) is 18.7 Å². The van der Waals surface area contributed by atoms with Crippen LogP contribution in [-0.2, 0) is 20.1 Å². The summed E-state index contributed by atoms with van der Waals surface area (Å²) in [4.78, 5) is 29.8. The quantitative estimate of drug-likeness (QED) is 0.767. The van der Waals surface area contributed by atoms with Gasteiger partial charge in [0.15, 0.2) is 11.2 Å². The van der Waals surface area contributed by atoms with Crippen molar-refractivity contribution in [3.63, 3.8) is 0 Å². The Morgan fingerprint density at radius 2 is 1.70 bits per heavy atom. The molecule has 0 aliphatic heterocycles. The van der Waals surface area contributed by atoms with Gasteiger partial charge in [0.2, 0.25) is 0 Å². The summed E-state index contributed by atoms with van der Waals surface area (Å²) in [7, 11) is 1.77. The highest BCUT2D eigenvalue weighted by Crippen LogP contribution is 2.24. The lowest BCUT2D eigenvalue weighted by Crippen LogP contribution is -2.39. The molecule has 0 unspecified atom stereocenters. The molecule has 0 saturated carbocycles. The molecule has 0 atom stereocenters. The van der Waals surface area contributed by atoms with E-state index in [0.29, 0.717) is 30.1 Å². The van der Waals surface area contributed by atoms with Gasteiger partial charge in [0, 0.05) is 20.1 Å². The minimum Gasteiger partial charge on any atom is -0.508 e. The first-order valence-electron chi connectivity index (χ1n) is 8.99. The molecule has 1 aromatic carbocycles. The predicted molar refractivity (Wildman–Crippen MR) is 107 cm³/mol. The number of nitrogens with zero attached hydrogens (tertiary/aromatic N) is 4. The van der Waals surface area contributed by atoms with Crippen LogP contribution in [0.5, 0.6) is 5.75 Å². The Kier molecular flexibility index (Phi) is 4.78. The predicted octanol–water partition coefficient (Wildman–Crippen LogP) is 2.43. The average Bonchev–Trinajstić information content (AvgIpc) is 2.96. The van der Waals surface area contributed by atoms with Gasteiger partial charge in [0.1, 0.15) is 11.6 Å². The highest BCUT2D eigenvalue weighted by molar-refractivity contribution is 5.77. The van der Waals surface area contributed by atoms with Crippen molar-refractivity contribution in [2.75, 3.05) is 0 Å². The van der Waals surface area contributed by atoms with Gasteiger partial charge in [-0.15, -0.1) is 0 Å². The SMILES string of the molecule is CCn1c(=O)c2c(nc(/C=C/c3ccc(O)c(C)c3C)n2C)n(CC)c1=O. The van der Waals surface area contributed by atoms with Crippen molar-refractivity contribution < 1.29 is 5.11 Å². The van der Waals surface area contributed by atoms with Gasteiger partial charge in [-0.1, -0.05) is 12.1 Å². The summed E-state index contributed by atoms with van der Waals surface area (Å²) >= 11 is 0. The molecule has 0 bridgehead atoms. The lowest BCUT2D eigenvalue weighted by molar-refractivity contribution is 0.470. The maximum absolute atomic E-state index is 12.7. The number of hydrogen-bond acceptors (Lipinski definition) is 4. The zero-order valence-corrected chi connectivity index (χ0v) is 16.3. The monoisotopic (exact) mass is 368 g/mol. The fraction of sp³-hybridized carbons (Fsp3) is 0.350. The lowest BCUT2D eigenvalue weighted by Gasteiger charge is -2.08. The van der Waals surface area contributed by atoms with Gasteiger partial charge in [-0.2, -0.15) is 0 Å². The van der Waals surface area contributed by atoms with Crippen LogP contribution >= 0.6 is 0 Å². The van der Waals surface area contributed by atoms with Crippen molar-refractivity contribution in [3.05, 3.63) is 55.5 Å². The van der Waals surface area contributed by atoms with Gasteiger partial charge in [-0.3, -0.25) is 13.9 Å². The number of phenolic OH excluding ortho intramolecular Hbond substituents is 1. The number of hydrogen-bond donors (Lipinski definition) is 1. The molecule has 3 aromatic rings. The van der Waals surface area contributed by atoms with E-state index in [4.69, 9.17) is 0 Å². The summed E-state index contributed by atoms with van der Waals surface area (Å²) in [6, 6.07) is 3.49. The first kappa shape index (κ1) is 18.7. The number of benzene rings is 1. The standard InChI is InChI=1S/C20H24N4O3/c1-6-23-18-17(19(26)24(7-2)20(23)27)22(5)16(21-18)11-9-14-8-10-15(25)13(4)12(14)3/h8-11,25H,6-7H2,1-5H3/b11-9+. The normalized spacial score (nSPS) is 11.7. The summed E-state index contributed by atoms with van der Waals surface area (Å²) < 4.78 is 4.47. The molecule has 2 aromatic heterocycles. The van der Waals surface area contributed by atoms with Crippen LogP contribution in [0.4, 0.5) is 0 Å². The van der Waals surface area contributed by atoms with E-state index < -0.39 is 0 Å². The second kappa shape index (κ2) is 6.90. The fourth-order valence-corrected chi connectivity index (χ4v) is 3.26. The first-order valence-corrected chi connectivity index (χ1v) is 8.99. The van der Waals surface area contributed by atoms with Crippen molar-refractivity contribution in [2.24, 2.45) is 7.05 Å². The zero-order valence-electron chi connectivity index (χ0n) is 16.3. The van der Waals surface area contributed by atoms with E-state index in [1.54, 1.807) is 24.6 Å². The zero-order chi connectivity index (χ0) is 19.9. The third-order valence-corrected chi connectivity index (χ3v) is 5.12. The van der Waals surface area contributed by atoms with Crippen LogP contribution in [0.2, 0.25) is 0 Å². The van der Waals surface area contributed by atoms with Gasteiger partial charge >= 0.3 is 5.69 Å². The number of aromatic nitrogens is 4. The molecule has 0 saturated heterocycles. The minimum atomic E-state index is -0.337. The molecule has 0 aliphatic carbocycles. The minimum absolute atomic E-state index is 0.263. The summed E-state index contributed by atoms with van der Waals surface area (Å²) in [5, 5.41) is 9.80. The van der Waals surface area contributed by atoms with Gasteiger partial charge in [0.05, 0.1) is 0 Å². The van der Waals surface area contributed by atoms with E-state index >= 15 is 0 Å². The Balaban J connectivity index is 2.21. The Bertz CT molecular complexity index is 1180. The highest BCUT2D eigenvalue weighted by atomic mass is 16.3. The highest BCUT2D eigenvalue weighted by Gasteiger charge is 2.17. The molecule has 0 aliphatic rings. The second-order valence-corrected chi connectivity index (χ2v) is 6.53. The number of aryl methyl sites for hydroxylation is 2. The van der Waals surface area contributed by atoms with Crippen LogP contribution in [0.1, 0.15) is 36.4 Å². The summed E-state index contributed by atoms with van der Waals surface area (Å²) in [6.45, 7) is 8.20. The molecule has 1 N–H and O–H groups in total. The lowest BCUT2D eigenvalue weighted by atomic mass is 10.0. The van der Waals surface area contributed by atoms with E-state index in [2.05, 4.69) is 4.98 Å². The van der Waals surface area contributed by atoms with E-state index in [1.165, 1.54) is 9.13 Å². The van der Waals surface area contributed by atoms with Crippen molar-refractivity contribution in [2.45, 2.75) is 40.8 Å². The third-order valence-electron chi connectivity index (χ3n) is 5.12. The maximum atomic E-state index is 12.7. The van der Waals surface area contributed by atoms with E-state index in [0.717, 1.165) is 16.7 Å². The van der Waals surface area contributed by atoms with Crippen LogP contribution in [0, 0.1) is 13.8 Å². The Morgan fingerprint density at radius 1 is 1.04 bits per heavy atom. The van der Waals surface area contributed by atoms with Crippen molar-refractivity contribution in [3.8, 4) is 5.75 Å². The van der Waals surface area contributed by atoms with Crippen LogP contribution < -0.4 is 11.2 Å². The molecule has 2 heterocycles. The van der Waals surface area contributed by atoms with Crippen LogP contribution in [0.25, 0.3) is 23.3 Å². The van der Waals surface area contributed by atoms with Gasteiger partial charge < -0.3 is 9.67 Å². The Morgan fingerprint density at radius 3 is 2.33 bits per heavy atom. The molecule has 3 rings (SSSR count). The van der Waals surface area contributed by atoms with Crippen LogP contribution in [-0.4, -0.2) is 23.8 Å². The fourth-order valence-electron chi connectivity index (χ4n) is 3.26. The van der Waals surface area contributed by atoms with Gasteiger partial charge in [-0.25, -0.2) is 9.78 Å². The largest absolute Gasteiger partial charge is 0.508 e.